The molecule has 0 saturated carbocycles. The third kappa shape index (κ3) is 6.42. The second kappa shape index (κ2) is 6.25. The second-order valence-corrected chi connectivity index (χ2v) is 7.99. The van der Waals surface area contributed by atoms with Crippen LogP contribution in [0.5, 0.6) is 0 Å². The van der Waals surface area contributed by atoms with Gasteiger partial charge in [-0.1, -0.05) is 20.8 Å². The van der Waals surface area contributed by atoms with Crippen LogP contribution in [0.4, 0.5) is 0 Å². The highest BCUT2D eigenvalue weighted by atomic mass is 16.2. The van der Waals surface area contributed by atoms with Crippen LogP contribution in [0.15, 0.2) is 0 Å². The zero-order valence-electron chi connectivity index (χ0n) is 13.7. The molecule has 1 aliphatic heterocycles. The first-order valence-electron chi connectivity index (χ1n) is 7.62. The summed E-state index contributed by atoms with van der Waals surface area (Å²) in [5, 5.41) is 3.52. The predicted octanol–water partition coefficient (Wildman–Crippen LogP) is 3.05. The maximum Gasteiger partial charge on any atom is 0.222 e. The van der Waals surface area contributed by atoms with Crippen LogP contribution < -0.4 is 5.32 Å². The van der Waals surface area contributed by atoms with E-state index in [1.54, 1.807) is 0 Å². The summed E-state index contributed by atoms with van der Waals surface area (Å²) in [6.07, 6.45) is 2.86. The maximum atomic E-state index is 12.1. The highest BCUT2D eigenvalue weighted by molar-refractivity contribution is 5.76. The van der Waals surface area contributed by atoms with Crippen LogP contribution >= 0.6 is 0 Å². The zero-order valence-corrected chi connectivity index (χ0v) is 13.7. The van der Waals surface area contributed by atoms with Crippen molar-refractivity contribution >= 4 is 5.91 Å². The van der Waals surface area contributed by atoms with Gasteiger partial charge < -0.3 is 10.2 Å². The lowest BCUT2D eigenvalue weighted by Crippen LogP contribution is -2.42. The smallest absolute Gasteiger partial charge is 0.222 e. The van der Waals surface area contributed by atoms with Gasteiger partial charge in [0.05, 0.1) is 0 Å². The normalized spacial score (nSPS) is 22.2. The van der Waals surface area contributed by atoms with Crippen molar-refractivity contribution < 1.29 is 4.79 Å². The van der Waals surface area contributed by atoms with Crippen molar-refractivity contribution in [2.45, 2.75) is 66.3 Å². The molecule has 3 heteroatoms. The molecule has 0 bridgehead atoms. The van der Waals surface area contributed by atoms with Crippen molar-refractivity contribution in [2.75, 3.05) is 19.6 Å². The second-order valence-electron chi connectivity index (χ2n) is 7.99. The van der Waals surface area contributed by atoms with Crippen LogP contribution in [0.25, 0.3) is 0 Å². The zero-order chi connectivity index (χ0) is 14.7. The van der Waals surface area contributed by atoms with Gasteiger partial charge in [0, 0.05) is 25.0 Å². The Kier molecular flexibility index (Phi) is 5.43. The summed E-state index contributed by atoms with van der Waals surface area (Å²) in [7, 11) is 0. The molecule has 3 nitrogen and oxygen atoms in total. The van der Waals surface area contributed by atoms with E-state index < -0.39 is 0 Å². The monoisotopic (exact) mass is 268 g/mol. The first-order chi connectivity index (χ1) is 8.59. The summed E-state index contributed by atoms with van der Waals surface area (Å²) < 4.78 is 0. The number of hydrogen-bond acceptors (Lipinski definition) is 2. The fourth-order valence-electron chi connectivity index (χ4n) is 2.41. The van der Waals surface area contributed by atoms with Crippen molar-refractivity contribution in [3.05, 3.63) is 0 Å². The number of likely N-dealkylation sites (tertiary alicyclic amines) is 1. The molecule has 0 aromatic rings. The summed E-state index contributed by atoms with van der Waals surface area (Å²) in [5.74, 6) is 0.845. The molecule has 1 heterocycles. The van der Waals surface area contributed by atoms with Gasteiger partial charge in [-0.25, -0.2) is 0 Å². The van der Waals surface area contributed by atoms with Gasteiger partial charge in [0.15, 0.2) is 0 Å². The molecule has 1 aliphatic rings. The quantitative estimate of drug-likeness (QED) is 0.850. The summed E-state index contributed by atoms with van der Waals surface area (Å²) >= 11 is 0. The number of nitrogens with one attached hydrogen (secondary N) is 1. The number of hydrogen-bond donors (Lipinski definition) is 1. The largest absolute Gasteiger partial charge is 0.342 e. The number of amides is 1. The van der Waals surface area contributed by atoms with Crippen LogP contribution in [-0.4, -0.2) is 36.0 Å². The van der Waals surface area contributed by atoms with Crippen molar-refractivity contribution in [3.8, 4) is 0 Å². The molecule has 1 saturated heterocycles. The number of carbonyl (C=O) groups excluding carboxylic acids is 1. The van der Waals surface area contributed by atoms with E-state index in [4.69, 9.17) is 0 Å². The lowest BCUT2D eigenvalue weighted by atomic mass is 9.85. The lowest BCUT2D eigenvalue weighted by Gasteiger charge is -2.28. The molecule has 1 unspecified atom stereocenters. The number of carbonyl (C=O) groups is 1. The van der Waals surface area contributed by atoms with Gasteiger partial charge in [0.1, 0.15) is 0 Å². The molecule has 19 heavy (non-hydrogen) atoms. The lowest BCUT2D eigenvalue weighted by molar-refractivity contribution is -0.131. The van der Waals surface area contributed by atoms with Crippen LogP contribution in [0, 0.1) is 11.3 Å². The van der Waals surface area contributed by atoms with Crippen LogP contribution in [0.3, 0.4) is 0 Å². The minimum absolute atomic E-state index is 0.152. The fourth-order valence-corrected chi connectivity index (χ4v) is 2.41. The molecular formula is C16H32N2O. The Bertz CT molecular complexity index is 304. The summed E-state index contributed by atoms with van der Waals surface area (Å²) in [5.41, 5.74) is 0.469. The first kappa shape index (κ1) is 16.5. The Balaban J connectivity index is 2.44. The van der Waals surface area contributed by atoms with Gasteiger partial charge in [-0.05, 0) is 51.5 Å². The molecular weight excluding hydrogens is 236 g/mol. The average Bonchev–Trinajstić information content (AvgIpc) is 2.39. The standard InChI is InChI=1S/C16H32N2O/c1-13(11-17-15(2,3)4)12-18-10-9-16(5,6)8-7-14(18)19/h13,17H,7-12H2,1-6H3. The predicted molar refractivity (Wildman–Crippen MR) is 81.1 cm³/mol. The molecule has 1 fully saturated rings. The van der Waals surface area contributed by atoms with Crippen molar-refractivity contribution in [1.82, 2.24) is 10.2 Å². The molecule has 1 amide bonds. The van der Waals surface area contributed by atoms with E-state index in [9.17, 15) is 4.79 Å². The molecule has 0 radical (unpaired) electrons. The highest BCUT2D eigenvalue weighted by Gasteiger charge is 2.28. The molecule has 1 atom stereocenters. The SMILES string of the molecule is CC(CNC(C)(C)C)CN1CCC(C)(C)CCC1=O. The van der Waals surface area contributed by atoms with E-state index in [1.807, 2.05) is 0 Å². The van der Waals surface area contributed by atoms with Crippen LogP contribution in [0.1, 0.15) is 60.8 Å². The highest BCUT2D eigenvalue weighted by Crippen LogP contribution is 2.30. The van der Waals surface area contributed by atoms with Crippen molar-refractivity contribution in [1.29, 1.82) is 0 Å². The van der Waals surface area contributed by atoms with Crippen molar-refractivity contribution in [3.63, 3.8) is 0 Å². The summed E-state index contributed by atoms with van der Waals surface area (Å²) in [4.78, 5) is 14.2. The van der Waals surface area contributed by atoms with Crippen LogP contribution in [0.2, 0.25) is 0 Å². The first-order valence-corrected chi connectivity index (χ1v) is 7.62. The van der Waals surface area contributed by atoms with Gasteiger partial charge in [0.25, 0.3) is 0 Å². The van der Waals surface area contributed by atoms with E-state index in [0.29, 0.717) is 23.7 Å². The third-order valence-electron chi connectivity index (χ3n) is 3.94. The molecule has 112 valence electrons. The van der Waals surface area contributed by atoms with E-state index in [1.165, 1.54) is 0 Å². The Morgan fingerprint density at radius 2 is 1.95 bits per heavy atom. The van der Waals surface area contributed by atoms with Gasteiger partial charge in [-0.2, -0.15) is 0 Å². The minimum Gasteiger partial charge on any atom is -0.342 e. The summed E-state index contributed by atoms with van der Waals surface area (Å²) in [6.45, 7) is 16.1. The van der Waals surface area contributed by atoms with Gasteiger partial charge in [-0.15, -0.1) is 0 Å². The van der Waals surface area contributed by atoms with E-state index in [2.05, 4.69) is 51.8 Å². The maximum absolute atomic E-state index is 12.1. The van der Waals surface area contributed by atoms with E-state index in [-0.39, 0.29) is 5.54 Å². The molecule has 1 N–H and O–H groups in total. The number of nitrogens with zero attached hydrogens (tertiary/aromatic N) is 1. The molecule has 0 spiro atoms. The number of rotatable bonds is 4. The van der Waals surface area contributed by atoms with E-state index in [0.717, 1.165) is 32.5 Å². The Hall–Kier alpha value is -0.570. The average molecular weight is 268 g/mol. The molecule has 0 aliphatic carbocycles. The summed E-state index contributed by atoms with van der Waals surface area (Å²) in [6, 6.07) is 0. The fraction of sp³-hybridized carbons (Fsp3) is 0.938. The van der Waals surface area contributed by atoms with Gasteiger partial charge in [-0.3, -0.25) is 4.79 Å². The third-order valence-corrected chi connectivity index (χ3v) is 3.94. The molecule has 0 aromatic carbocycles. The molecule has 0 aromatic heterocycles. The Morgan fingerprint density at radius 1 is 1.32 bits per heavy atom. The van der Waals surface area contributed by atoms with Gasteiger partial charge >= 0.3 is 0 Å². The van der Waals surface area contributed by atoms with Crippen LogP contribution in [-0.2, 0) is 4.79 Å². The Labute approximate surface area is 119 Å². The molecule has 1 rings (SSSR count). The topological polar surface area (TPSA) is 32.3 Å². The van der Waals surface area contributed by atoms with Gasteiger partial charge in [0.2, 0.25) is 5.91 Å². The van der Waals surface area contributed by atoms with E-state index >= 15 is 0 Å². The van der Waals surface area contributed by atoms with Crippen molar-refractivity contribution in [2.24, 2.45) is 11.3 Å². The Morgan fingerprint density at radius 3 is 2.53 bits per heavy atom. The minimum atomic E-state index is 0.152.